The largest absolute Gasteiger partial charge is 0.480 e. The lowest BCUT2D eigenvalue weighted by atomic mass is 10.1. The van der Waals surface area contributed by atoms with E-state index in [2.05, 4.69) is 10.6 Å². The summed E-state index contributed by atoms with van der Waals surface area (Å²) in [6.07, 6.45) is -0.216. The number of nitrogens with one attached hydrogen (secondary N) is 2. The smallest absolute Gasteiger partial charge is 0.321 e. The fourth-order valence-corrected chi connectivity index (χ4v) is 2.30. The highest BCUT2D eigenvalue weighted by Gasteiger charge is 2.20. The van der Waals surface area contributed by atoms with Crippen LogP contribution >= 0.6 is 0 Å². The van der Waals surface area contributed by atoms with Crippen LogP contribution in [0, 0.1) is 0 Å². The van der Waals surface area contributed by atoms with Crippen molar-refractivity contribution >= 4 is 23.3 Å². The first-order chi connectivity index (χ1) is 12.0. The van der Waals surface area contributed by atoms with Gasteiger partial charge in [0.2, 0.25) is 5.91 Å². The van der Waals surface area contributed by atoms with E-state index in [0.717, 1.165) is 5.56 Å². The highest BCUT2D eigenvalue weighted by Crippen LogP contribution is 2.12. The van der Waals surface area contributed by atoms with E-state index < -0.39 is 17.9 Å². The molecule has 0 aliphatic heterocycles. The zero-order valence-corrected chi connectivity index (χ0v) is 13.9. The molecule has 0 radical (unpaired) electrons. The highest BCUT2D eigenvalue weighted by atomic mass is 16.4. The highest BCUT2D eigenvalue weighted by molar-refractivity contribution is 5.98. The number of amides is 1. The molecule has 0 saturated heterocycles. The summed E-state index contributed by atoms with van der Waals surface area (Å²) in [6.45, 7) is 1.79. The fourth-order valence-electron chi connectivity index (χ4n) is 2.30. The van der Waals surface area contributed by atoms with Crippen LogP contribution in [0.5, 0.6) is 0 Å². The average molecular weight is 340 g/mol. The fraction of sp³-hybridized carbons (Fsp3) is 0.211. The predicted molar refractivity (Wildman–Crippen MR) is 94.4 cm³/mol. The Balaban J connectivity index is 1.94. The summed E-state index contributed by atoms with van der Waals surface area (Å²) in [5.74, 6) is -1.64. The number of carbonyl (C=O) groups excluding carboxylic acids is 2. The molecule has 0 aliphatic rings. The van der Waals surface area contributed by atoms with E-state index in [1.54, 1.807) is 24.3 Å². The maximum Gasteiger partial charge on any atom is 0.321 e. The van der Waals surface area contributed by atoms with Crippen LogP contribution in [-0.2, 0) is 16.1 Å². The van der Waals surface area contributed by atoms with Gasteiger partial charge in [0, 0.05) is 17.8 Å². The first kappa shape index (κ1) is 18.4. The Morgan fingerprint density at radius 2 is 1.76 bits per heavy atom. The van der Waals surface area contributed by atoms with Crippen molar-refractivity contribution in [2.45, 2.75) is 25.9 Å². The number of aliphatic carboxylic acids is 1. The molecule has 25 heavy (non-hydrogen) atoms. The van der Waals surface area contributed by atoms with Crippen LogP contribution in [0.15, 0.2) is 54.6 Å². The minimum absolute atomic E-state index is 0.107. The number of benzene rings is 2. The zero-order chi connectivity index (χ0) is 18.2. The second-order valence-corrected chi connectivity index (χ2v) is 5.65. The van der Waals surface area contributed by atoms with Crippen LogP contribution in [0.3, 0.4) is 0 Å². The first-order valence-electron chi connectivity index (χ1n) is 7.86. The minimum atomic E-state index is -1.09. The van der Waals surface area contributed by atoms with Crippen LogP contribution in [0.25, 0.3) is 0 Å². The van der Waals surface area contributed by atoms with Crippen LogP contribution in [0.1, 0.15) is 29.3 Å². The molecular weight excluding hydrogens is 320 g/mol. The van der Waals surface area contributed by atoms with Crippen molar-refractivity contribution in [3.8, 4) is 0 Å². The molecule has 1 unspecified atom stereocenters. The van der Waals surface area contributed by atoms with Crippen LogP contribution < -0.4 is 10.6 Å². The van der Waals surface area contributed by atoms with Gasteiger partial charge in [-0.3, -0.25) is 19.7 Å². The van der Waals surface area contributed by atoms with Crippen molar-refractivity contribution < 1.29 is 19.5 Å². The summed E-state index contributed by atoms with van der Waals surface area (Å²) in [5.41, 5.74) is 1.88. The summed E-state index contributed by atoms with van der Waals surface area (Å²) >= 11 is 0. The Morgan fingerprint density at radius 3 is 2.40 bits per heavy atom. The van der Waals surface area contributed by atoms with Crippen molar-refractivity contribution in [3.05, 3.63) is 65.7 Å². The van der Waals surface area contributed by atoms with Crippen molar-refractivity contribution in [1.82, 2.24) is 5.32 Å². The number of carboxylic acid groups (broad SMARTS) is 1. The van der Waals surface area contributed by atoms with Gasteiger partial charge in [-0.25, -0.2) is 0 Å². The van der Waals surface area contributed by atoms with Gasteiger partial charge in [-0.15, -0.1) is 0 Å². The number of ketones is 1. The lowest BCUT2D eigenvalue weighted by molar-refractivity contribution is -0.141. The SMILES string of the molecule is CC(=O)c1cccc(NC(=O)CC(NCc2ccccc2)C(=O)O)c1. The predicted octanol–water partition coefficient (Wildman–Crippen LogP) is 2.46. The molecule has 0 aromatic heterocycles. The first-order valence-corrected chi connectivity index (χ1v) is 7.86. The third-order valence-corrected chi connectivity index (χ3v) is 3.64. The van der Waals surface area contributed by atoms with Gasteiger partial charge in [0.1, 0.15) is 6.04 Å². The summed E-state index contributed by atoms with van der Waals surface area (Å²) in [5, 5.41) is 14.8. The van der Waals surface area contributed by atoms with E-state index >= 15 is 0 Å². The molecule has 0 aliphatic carbocycles. The molecule has 2 aromatic carbocycles. The molecule has 2 aromatic rings. The Hall–Kier alpha value is -2.99. The number of rotatable bonds is 8. The summed E-state index contributed by atoms with van der Waals surface area (Å²) < 4.78 is 0. The maximum absolute atomic E-state index is 12.1. The molecule has 130 valence electrons. The number of hydrogen-bond donors (Lipinski definition) is 3. The minimum Gasteiger partial charge on any atom is -0.480 e. The van der Waals surface area contributed by atoms with Crippen LogP contribution in [0.2, 0.25) is 0 Å². The molecule has 0 spiro atoms. The molecule has 0 bridgehead atoms. The van der Waals surface area contributed by atoms with Gasteiger partial charge in [0.15, 0.2) is 5.78 Å². The third-order valence-electron chi connectivity index (χ3n) is 3.64. The molecule has 2 rings (SSSR count). The number of hydrogen-bond acceptors (Lipinski definition) is 4. The van der Waals surface area contributed by atoms with E-state index in [1.807, 2.05) is 30.3 Å². The van der Waals surface area contributed by atoms with E-state index in [1.165, 1.54) is 6.92 Å². The Kier molecular flexibility index (Phi) is 6.42. The van der Waals surface area contributed by atoms with E-state index in [9.17, 15) is 19.5 Å². The van der Waals surface area contributed by atoms with Gasteiger partial charge in [-0.1, -0.05) is 42.5 Å². The number of carboxylic acids is 1. The van der Waals surface area contributed by atoms with E-state index in [4.69, 9.17) is 0 Å². The van der Waals surface area contributed by atoms with Crippen LogP contribution in [-0.4, -0.2) is 28.8 Å². The van der Waals surface area contributed by atoms with Gasteiger partial charge < -0.3 is 10.4 Å². The standard InChI is InChI=1S/C19H20N2O4/c1-13(22)15-8-5-9-16(10-15)21-18(23)11-17(19(24)25)20-12-14-6-3-2-4-7-14/h2-10,17,20H,11-12H2,1H3,(H,21,23)(H,24,25). The Morgan fingerprint density at radius 1 is 1.04 bits per heavy atom. The van der Waals surface area contributed by atoms with Gasteiger partial charge in [-0.05, 0) is 24.6 Å². The zero-order valence-electron chi connectivity index (χ0n) is 13.9. The molecule has 0 heterocycles. The maximum atomic E-state index is 12.1. The van der Waals surface area contributed by atoms with Crippen molar-refractivity contribution in [2.24, 2.45) is 0 Å². The van der Waals surface area contributed by atoms with Crippen molar-refractivity contribution in [3.63, 3.8) is 0 Å². The van der Waals surface area contributed by atoms with E-state index in [-0.39, 0.29) is 12.2 Å². The second-order valence-electron chi connectivity index (χ2n) is 5.65. The summed E-state index contributed by atoms with van der Waals surface area (Å²) in [6, 6.07) is 14.9. The molecule has 6 nitrogen and oxygen atoms in total. The number of Topliss-reactive ketones (excluding diaryl/α,β-unsaturated/α-hetero) is 1. The number of carbonyl (C=O) groups is 3. The molecule has 0 saturated carbocycles. The quantitative estimate of drug-likeness (QED) is 0.642. The third kappa shape index (κ3) is 5.86. The number of anilines is 1. The van der Waals surface area contributed by atoms with Crippen molar-refractivity contribution in [2.75, 3.05) is 5.32 Å². The molecule has 0 fully saturated rings. The average Bonchev–Trinajstić information content (AvgIpc) is 2.59. The Labute approximate surface area is 145 Å². The van der Waals surface area contributed by atoms with Gasteiger partial charge >= 0.3 is 5.97 Å². The van der Waals surface area contributed by atoms with E-state index in [0.29, 0.717) is 17.8 Å². The Bertz CT molecular complexity index is 759. The topological polar surface area (TPSA) is 95.5 Å². The van der Waals surface area contributed by atoms with Gasteiger partial charge in [0.05, 0.1) is 6.42 Å². The molecule has 6 heteroatoms. The summed E-state index contributed by atoms with van der Waals surface area (Å²) in [7, 11) is 0. The lowest BCUT2D eigenvalue weighted by Gasteiger charge is -2.14. The molecule has 1 amide bonds. The second kappa shape index (κ2) is 8.75. The van der Waals surface area contributed by atoms with Gasteiger partial charge in [0.25, 0.3) is 0 Å². The lowest BCUT2D eigenvalue weighted by Crippen LogP contribution is -2.39. The van der Waals surface area contributed by atoms with Crippen LogP contribution in [0.4, 0.5) is 5.69 Å². The molecular formula is C19H20N2O4. The monoisotopic (exact) mass is 340 g/mol. The summed E-state index contributed by atoms with van der Waals surface area (Å²) in [4.78, 5) is 34.9. The normalized spacial score (nSPS) is 11.6. The van der Waals surface area contributed by atoms with Crippen molar-refractivity contribution in [1.29, 1.82) is 0 Å². The van der Waals surface area contributed by atoms with Gasteiger partial charge in [-0.2, -0.15) is 0 Å². The molecule has 3 N–H and O–H groups in total. The molecule has 1 atom stereocenters.